The fourth-order valence-electron chi connectivity index (χ4n) is 6.16. The largest absolute Gasteiger partial charge is 0.462 e. The summed E-state index contributed by atoms with van der Waals surface area (Å²) in [6.45, 7) is 3.13. The number of para-hydroxylation sites is 1. The Balaban J connectivity index is 0.00000209. The second kappa shape index (κ2) is 18.9. The monoisotopic (exact) mass is 752 g/mol. The van der Waals surface area contributed by atoms with Gasteiger partial charge in [0.15, 0.2) is 5.65 Å². The quantitative estimate of drug-likeness (QED) is 0.254. The Labute approximate surface area is 310 Å². The molecule has 3 N–H and O–H groups in total. The van der Waals surface area contributed by atoms with Crippen LogP contribution in [0.3, 0.4) is 0 Å². The van der Waals surface area contributed by atoms with E-state index in [1.54, 1.807) is 55.5 Å². The summed E-state index contributed by atoms with van der Waals surface area (Å²) in [5.41, 5.74) is 0.896. The number of aliphatic hydroxyl groups excluding tert-OH is 3. The predicted octanol–water partition coefficient (Wildman–Crippen LogP) is 0.421. The summed E-state index contributed by atoms with van der Waals surface area (Å²) < 4.78 is 17.9. The Kier molecular flexibility index (Phi) is 14.4. The molecule has 19 heteroatoms. The van der Waals surface area contributed by atoms with E-state index in [1.165, 1.54) is 20.7 Å². The van der Waals surface area contributed by atoms with Crippen molar-refractivity contribution in [3.63, 3.8) is 0 Å². The summed E-state index contributed by atoms with van der Waals surface area (Å²) in [6, 6.07) is 9.97. The average Bonchev–Trinajstić information content (AvgIpc) is 3.61. The van der Waals surface area contributed by atoms with E-state index in [4.69, 9.17) is 29.1 Å². The number of ether oxygens (including phenoxy) is 3. The molecule has 2 aromatic heterocycles. The van der Waals surface area contributed by atoms with E-state index in [0.29, 0.717) is 35.5 Å². The smallest absolute Gasteiger partial charge is 0.409 e. The van der Waals surface area contributed by atoms with Gasteiger partial charge in [-0.2, -0.15) is 14.9 Å². The first-order chi connectivity index (χ1) is 25.8. The lowest BCUT2D eigenvalue weighted by molar-refractivity contribution is -0.242. The molecule has 0 spiro atoms. The summed E-state index contributed by atoms with van der Waals surface area (Å²) in [5, 5.41) is 39.5. The van der Waals surface area contributed by atoms with E-state index >= 15 is 0 Å². The number of likely N-dealkylation sites (N-methyl/N-ethyl adjacent to an activating group) is 3. The number of hydrogen-bond donors (Lipinski definition) is 3. The zero-order chi connectivity index (χ0) is 39.5. The number of amides is 3. The lowest BCUT2D eigenvalue weighted by Crippen LogP contribution is -2.54. The molecular formula is C35H44N8O11. The number of benzene rings is 1. The van der Waals surface area contributed by atoms with Gasteiger partial charge in [0, 0.05) is 59.1 Å². The van der Waals surface area contributed by atoms with Crippen LogP contribution in [0.15, 0.2) is 42.9 Å². The SMILES string of the molecule is C[C@@H]1CCN(C(=O)CC#N)C[C@@H]1N(C)c1ncnc2c1ccn2C(=O)N(C)CCN(C)C(=O)OCc1ccccc1O[C@@H]1OC[C@@H](O)[C@H](O)[C@H]1O.O=C=O. The van der Waals surface area contributed by atoms with Gasteiger partial charge >= 0.3 is 18.3 Å². The lowest BCUT2D eigenvalue weighted by Gasteiger charge is -2.42. The number of likely N-dealkylation sites (tertiary alicyclic amines) is 1. The third-order valence-electron chi connectivity index (χ3n) is 9.43. The molecule has 54 heavy (non-hydrogen) atoms. The van der Waals surface area contributed by atoms with Crippen LogP contribution in [0.2, 0.25) is 0 Å². The molecule has 6 atom stereocenters. The molecule has 0 aliphatic carbocycles. The van der Waals surface area contributed by atoms with Crippen LogP contribution in [0.1, 0.15) is 25.3 Å². The molecule has 4 heterocycles. The number of aliphatic hydroxyl groups is 3. The van der Waals surface area contributed by atoms with Gasteiger partial charge in [0.05, 0.1) is 24.1 Å². The maximum atomic E-state index is 13.5. The number of nitriles is 1. The number of nitrogens with zero attached hydrogens (tertiary/aromatic N) is 8. The number of fused-ring (bicyclic) bond motifs is 1. The van der Waals surface area contributed by atoms with Crippen molar-refractivity contribution in [2.75, 3.05) is 58.8 Å². The van der Waals surface area contributed by atoms with Crippen molar-refractivity contribution in [1.29, 1.82) is 5.26 Å². The van der Waals surface area contributed by atoms with Crippen LogP contribution in [0.5, 0.6) is 5.75 Å². The minimum Gasteiger partial charge on any atom is -0.462 e. The van der Waals surface area contributed by atoms with Crippen molar-refractivity contribution in [3.05, 3.63) is 48.4 Å². The molecular weight excluding hydrogens is 708 g/mol. The van der Waals surface area contributed by atoms with Gasteiger partial charge in [-0.3, -0.25) is 9.36 Å². The fourth-order valence-corrected chi connectivity index (χ4v) is 6.16. The van der Waals surface area contributed by atoms with Crippen molar-refractivity contribution < 1.29 is 53.5 Å². The van der Waals surface area contributed by atoms with Crippen LogP contribution in [0.4, 0.5) is 15.4 Å². The van der Waals surface area contributed by atoms with Crippen molar-refractivity contribution in [2.24, 2.45) is 5.92 Å². The van der Waals surface area contributed by atoms with Gasteiger partial charge in [-0.25, -0.2) is 19.6 Å². The normalized spacial score (nSPS) is 22.1. The number of piperidine rings is 1. The number of hydrogen-bond acceptors (Lipinski definition) is 15. The third kappa shape index (κ3) is 9.66. The van der Waals surface area contributed by atoms with E-state index < -0.39 is 30.7 Å². The van der Waals surface area contributed by atoms with Crippen molar-refractivity contribution in [2.45, 2.75) is 57.0 Å². The van der Waals surface area contributed by atoms with Gasteiger partial charge < -0.3 is 49.1 Å². The van der Waals surface area contributed by atoms with E-state index in [9.17, 15) is 29.7 Å². The van der Waals surface area contributed by atoms with Gasteiger partial charge in [0.1, 0.15) is 49.2 Å². The highest BCUT2D eigenvalue weighted by Gasteiger charge is 2.39. The zero-order valence-electron chi connectivity index (χ0n) is 30.3. The number of anilines is 1. The van der Waals surface area contributed by atoms with Gasteiger partial charge in [0.25, 0.3) is 0 Å². The van der Waals surface area contributed by atoms with Crippen LogP contribution in [0.25, 0.3) is 11.0 Å². The summed E-state index contributed by atoms with van der Waals surface area (Å²) in [7, 11) is 5.06. The molecule has 2 saturated heterocycles. The number of rotatable bonds is 10. The minimum atomic E-state index is -1.48. The Morgan fingerprint density at radius 1 is 1.04 bits per heavy atom. The fraction of sp³-hybridized carbons (Fsp3) is 0.514. The van der Waals surface area contributed by atoms with Gasteiger partial charge in [-0.15, -0.1) is 0 Å². The molecule has 290 valence electrons. The molecule has 2 fully saturated rings. The zero-order valence-corrected chi connectivity index (χ0v) is 30.3. The predicted molar refractivity (Wildman–Crippen MR) is 186 cm³/mol. The molecule has 0 saturated carbocycles. The van der Waals surface area contributed by atoms with Gasteiger partial charge in [-0.05, 0) is 24.5 Å². The second-order valence-electron chi connectivity index (χ2n) is 13.0. The highest BCUT2D eigenvalue weighted by molar-refractivity contribution is 5.95. The molecule has 2 aliphatic heterocycles. The highest BCUT2D eigenvalue weighted by Crippen LogP contribution is 2.30. The second-order valence-corrected chi connectivity index (χ2v) is 13.0. The summed E-state index contributed by atoms with van der Waals surface area (Å²) in [4.78, 5) is 70.5. The van der Waals surface area contributed by atoms with Gasteiger partial charge in [0.2, 0.25) is 12.2 Å². The summed E-state index contributed by atoms with van der Waals surface area (Å²) in [6.07, 6.45) is -2.14. The highest BCUT2D eigenvalue weighted by atomic mass is 16.7. The average molecular weight is 753 g/mol. The van der Waals surface area contributed by atoms with E-state index in [1.807, 2.05) is 18.0 Å². The minimum absolute atomic E-state index is 0.0552. The molecule has 5 rings (SSSR count). The Bertz CT molecular complexity index is 1840. The first-order valence-electron chi connectivity index (χ1n) is 17.0. The molecule has 1 aromatic carbocycles. The lowest BCUT2D eigenvalue weighted by atomic mass is 9.92. The topological polar surface area (TPSA) is 241 Å². The molecule has 19 nitrogen and oxygen atoms in total. The maximum absolute atomic E-state index is 13.5. The van der Waals surface area contributed by atoms with Crippen LogP contribution < -0.4 is 9.64 Å². The van der Waals surface area contributed by atoms with Crippen LogP contribution >= 0.6 is 0 Å². The van der Waals surface area contributed by atoms with Crippen molar-refractivity contribution >= 4 is 41.0 Å². The number of aromatic nitrogens is 3. The maximum Gasteiger partial charge on any atom is 0.409 e. The molecule has 0 bridgehead atoms. The first-order valence-corrected chi connectivity index (χ1v) is 17.0. The number of carbonyl (C=O) groups is 3. The standard InChI is InChI=1S/C34H44N8O9.CO2/c1-21-10-13-41(27(44)9-12-35)17-24(21)40(4)30-23-11-14-42(31(23)37-20-36-30)33(47)38(2)15-16-39(3)34(48)50-18-22-7-5-6-8-26(22)51-32-29(46)28(45)25(43)19-49-32;2-1-3/h5-8,11,14,20-21,24-25,28-29,32,43,45-46H,9-10,13,15-19H2,1-4H3;/t21-,24+,25-,28+,29-,32+;/m1./s1. The van der Waals surface area contributed by atoms with Gasteiger partial charge in [-0.1, -0.05) is 25.1 Å². The van der Waals surface area contributed by atoms with Crippen LogP contribution in [-0.2, 0) is 30.5 Å². The van der Waals surface area contributed by atoms with E-state index in [-0.39, 0.29) is 68.5 Å². The Hall–Kier alpha value is -5.64. The van der Waals surface area contributed by atoms with Crippen LogP contribution in [0, 0.1) is 17.2 Å². The molecule has 0 radical (unpaired) electrons. The van der Waals surface area contributed by atoms with E-state index in [0.717, 1.165) is 6.42 Å². The first kappa shape index (κ1) is 41.1. The molecule has 3 aromatic rings. The molecule has 3 amide bonds. The van der Waals surface area contributed by atoms with E-state index in [2.05, 4.69) is 16.9 Å². The molecule has 2 aliphatic rings. The summed E-state index contributed by atoms with van der Waals surface area (Å²) in [5.74, 6) is 0.947. The van der Waals surface area contributed by atoms with Crippen LogP contribution in [-0.4, -0.2) is 153 Å². The van der Waals surface area contributed by atoms with Crippen molar-refractivity contribution in [3.8, 4) is 11.8 Å². The summed E-state index contributed by atoms with van der Waals surface area (Å²) >= 11 is 0. The third-order valence-corrected chi connectivity index (χ3v) is 9.43. The number of carbonyl (C=O) groups excluding carboxylic acids is 5. The Morgan fingerprint density at radius 2 is 1.74 bits per heavy atom. The molecule has 0 unspecified atom stereocenters. The Morgan fingerprint density at radius 3 is 2.46 bits per heavy atom. The van der Waals surface area contributed by atoms with Crippen molar-refractivity contribution in [1.82, 2.24) is 29.2 Å².